The molecule has 1 aliphatic rings. The maximum Gasteiger partial charge on any atom is 0.234 e. The second kappa shape index (κ2) is 7.60. The number of rotatable bonds is 4. The van der Waals surface area contributed by atoms with Crippen molar-refractivity contribution in [3.05, 3.63) is 35.4 Å². The summed E-state index contributed by atoms with van der Waals surface area (Å²) in [5, 5.41) is 11.3. The molecule has 2 amide bonds. The van der Waals surface area contributed by atoms with E-state index in [4.69, 9.17) is 5.26 Å². The quantitative estimate of drug-likeness (QED) is 0.917. The first kappa shape index (κ1) is 16.0. The molecule has 0 aliphatic carbocycles. The van der Waals surface area contributed by atoms with Gasteiger partial charge in [-0.25, -0.2) is 0 Å². The molecule has 0 saturated carbocycles. The minimum absolute atomic E-state index is 0.0734. The van der Waals surface area contributed by atoms with Gasteiger partial charge in [0.25, 0.3) is 0 Å². The summed E-state index contributed by atoms with van der Waals surface area (Å²) in [5.74, 6) is -0.0995. The largest absolute Gasteiger partial charge is 0.352 e. The Balaban J connectivity index is 1.78. The van der Waals surface area contributed by atoms with Crippen molar-refractivity contribution >= 4 is 11.8 Å². The molecule has 5 nitrogen and oxygen atoms in total. The van der Waals surface area contributed by atoms with Crippen molar-refractivity contribution in [2.45, 2.75) is 38.6 Å². The van der Waals surface area contributed by atoms with Crippen LogP contribution in [0.5, 0.6) is 0 Å². The Hall–Kier alpha value is -2.35. The lowest BCUT2D eigenvalue weighted by atomic mass is 10.0. The SMILES string of the molecule is Cc1ccc(CC(=O)N2CCC(NC(=O)CC#N)CC2)cc1. The third-order valence-electron chi connectivity index (χ3n) is 3.93. The van der Waals surface area contributed by atoms with Crippen molar-refractivity contribution in [3.63, 3.8) is 0 Å². The van der Waals surface area contributed by atoms with Gasteiger partial charge in [-0.1, -0.05) is 29.8 Å². The zero-order chi connectivity index (χ0) is 15.9. The van der Waals surface area contributed by atoms with E-state index in [0.717, 1.165) is 18.4 Å². The van der Waals surface area contributed by atoms with Gasteiger partial charge in [0, 0.05) is 19.1 Å². The molecule has 0 spiro atoms. The first-order valence-electron chi connectivity index (χ1n) is 7.58. The van der Waals surface area contributed by atoms with Gasteiger partial charge in [-0.05, 0) is 25.3 Å². The molecular formula is C17H21N3O2. The Morgan fingerprint density at radius 3 is 2.50 bits per heavy atom. The molecule has 0 bridgehead atoms. The van der Waals surface area contributed by atoms with Gasteiger partial charge < -0.3 is 10.2 Å². The molecule has 2 rings (SSSR count). The van der Waals surface area contributed by atoms with Gasteiger partial charge in [0.05, 0.1) is 12.5 Å². The molecule has 0 radical (unpaired) electrons. The highest BCUT2D eigenvalue weighted by molar-refractivity contribution is 5.79. The van der Waals surface area contributed by atoms with Crippen molar-refractivity contribution in [3.8, 4) is 6.07 Å². The molecule has 0 atom stereocenters. The van der Waals surface area contributed by atoms with Crippen LogP contribution in [0.25, 0.3) is 0 Å². The minimum atomic E-state index is -0.230. The van der Waals surface area contributed by atoms with E-state index in [1.165, 1.54) is 5.56 Å². The number of nitrogens with zero attached hydrogens (tertiary/aromatic N) is 2. The average Bonchev–Trinajstić information content (AvgIpc) is 2.50. The molecule has 1 aromatic carbocycles. The predicted octanol–water partition coefficient (Wildman–Crippen LogP) is 1.56. The summed E-state index contributed by atoms with van der Waals surface area (Å²) in [5.41, 5.74) is 2.21. The van der Waals surface area contributed by atoms with E-state index >= 15 is 0 Å². The van der Waals surface area contributed by atoms with Crippen LogP contribution in [0.15, 0.2) is 24.3 Å². The highest BCUT2D eigenvalue weighted by Gasteiger charge is 2.23. The Morgan fingerprint density at radius 1 is 1.27 bits per heavy atom. The second-order valence-corrected chi connectivity index (χ2v) is 5.72. The first-order valence-corrected chi connectivity index (χ1v) is 7.58. The van der Waals surface area contributed by atoms with Gasteiger partial charge in [-0.2, -0.15) is 5.26 Å². The molecule has 1 fully saturated rings. The molecule has 22 heavy (non-hydrogen) atoms. The summed E-state index contributed by atoms with van der Waals surface area (Å²) in [6.07, 6.45) is 1.81. The average molecular weight is 299 g/mol. The molecule has 1 aliphatic heterocycles. The van der Waals surface area contributed by atoms with Crippen LogP contribution in [-0.4, -0.2) is 35.8 Å². The lowest BCUT2D eigenvalue weighted by molar-refractivity contribution is -0.131. The van der Waals surface area contributed by atoms with Gasteiger partial charge in [0.1, 0.15) is 6.42 Å². The molecule has 1 aromatic rings. The van der Waals surface area contributed by atoms with Crippen molar-refractivity contribution in [2.75, 3.05) is 13.1 Å². The van der Waals surface area contributed by atoms with E-state index in [0.29, 0.717) is 19.5 Å². The zero-order valence-corrected chi connectivity index (χ0v) is 12.8. The fourth-order valence-electron chi connectivity index (χ4n) is 2.62. The van der Waals surface area contributed by atoms with E-state index in [9.17, 15) is 9.59 Å². The van der Waals surface area contributed by atoms with Gasteiger partial charge in [-0.3, -0.25) is 9.59 Å². The smallest absolute Gasteiger partial charge is 0.234 e. The molecule has 116 valence electrons. The van der Waals surface area contributed by atoms with Crippen LogP contribution in [0.3, 0.4) is 0 Å². The number of aryl methyl sites for hydroxylation is 1. The Morgan fingerprint density at radius 2 is 1.91 bits per heavy atom. The van der Waals surface area contributed by atoms with E-state index in [2.05, 4.69) is 5.32 Å². The molecule has 1 N–H and O–H groups in total. The topological polar surface area (TPSA) is 73.2 Å². The molecule has 1 saturated heterocycles. The number of nitriles is 1. The number of nitrogens with one attached hydrogen (secondary N) is 1. The summed E-state index contributed by atoms with van der Waals surface area (Å²) >= 11 is 0. The van der Waals surface area contributed by atoms with E-state index in [1.54, 1.807) is 0 Å². The second-order valence-electron chi connectivity index (χ2n) is 5.72. The normalized spacial score (nSPS) is 15.2. The van der Waals surface area contributed by atoms with Crippen molar-refractivity contribution in [1.29, 1.82) is 5.26 Å². The summed E-state index contributed by atoms with van der Waals surface area (Å²) in [7, 11) is 0. The molecular weight excluding hydrogens is 278 g/mol. The number of piperidine rings is 1. The summed E-state index contributed by atoms with van der Waals surface area (Å²) in [4.78, 5) is 25.5. The van der Waals surface area contributed by atoms with Crippen LogP contribution in [-0.2, 0) is 16.0 Å². The van der Waals surface area contributed by atoms with Gasteiger partial charge in [0.15, 0.2) is 0 Å². The first-order chi connectivity index (χ1) is 10.6. The van der Waals surface area contributed by atoms with Crippen LogP contribution in [0.4, 0.5) is 0 Å². The molecule has 0 aromatic heterocycles. The minimum Gasteiger partial charge on any atom is -0.352 e. The fourth-order valence-corrected chi connectivity index (χ4v) is 2.62. The summed E-state index contributed by atoms with van der Waals surface area (Å²) in [6, 6.07) is 9.92. The monoisotopic (exact) mass is 299 g/mol. The Kier molecular flexibility index (Phi) is 5.54. The number of hydrogen-bond donors (Lipinski definition) is 1. The third kappa shape index (κ3) is 4.59. The van der Waals surface area contributed by atoms with Crippen LogP contribution < -0.4 is 5.32 Å². The van der Waals surface area contributed by atoms with Crippen LogP contribution in [0, 0.1) is 18.3 Å². The highest BCUT2D eigenvalue weighted by atomic mass is 16.2. The fraction of sp³-hybridized carbons (Fsp3) is 0.471. The number of carbonyl (C=O) groups excluding carboxylic acids is 2. The van der Waals surface area contributed by atoms with E-state index < -0.39 is 0 Å². The van der Waals surface area contributed by atoms with Gasteiger partial charge in [0.2, 0.25) is 11.8 Å². The standard InChI is InChI=1S/C17H21N3O2/c1-13-2-4-14(5-3-13)12-17(22)20-10-7-15(8-11-20)19-16(21)6-9-18/h2-5,15H,6-8,10-12H2,1H3,(H,19,21). The van der Waals surface area contributed by atoms with Gasteiger partial charge >= 0.3 is 0 Å². The highest BCUT2D eigenvalue weighted by Crippen LogP contribution is 2.13. The van der Waals surface area contributed by atoms with Crippen molar-refractivity contribution in [1.82, 2.24) is 10.2 Å². The number of carbonyl (C=O) groups is 2. The number of benzene rings is 1. The molecule has 1 heterocycles. The van der Waals surface area contributed by atoms with E-state index in [1.807, 2.05) is 42.2 Å². The number of likely N-dealkylation sites (tertiary alicyclic amines) is 1. The van der Waals surface area contributed by atoms with Gasteiger partial charge in [-0.15, -0.1) is 0 Å². The Labute approximate surface area is 130 Å². The van der Waals surface area contributed by atoms with E-state index in [-0.39, 0.29) is 24.3 Å². The number of hydrogen-bond acceptors (Lipinski definition) is 3. The summed E-state index contributed by atoms with van der Waals surface area (Å²) < 4.78 is 0. The van der Waals surface area contributed by atoms with Crippen LogP contribution in [0.2, 0.25) is 0 Å². The summed E-state index contributed by atoms with van der Waals surface area (Å²) in [6.45, 7) is 3.33. The molecule has 5 heteroatoms. The van der Waals surface area contributed by atoms with Crippen molar-refractivity contribution < 1.29 is 9.59 Å². The van der Waals surface area contributed by atoms with Crippen LogP contribution in [0.1, 0.15) is 30.4 Å². The predicted molar refractivity (Wildman–Crippen MR) is 82.9 cm³/mol. The molecule has 0 unspecified atom stereocenters. The lowest BCUT2D eigenvalue weighted by Gasteiger charge is -2.32. The number of amides is 2. The van der Waals surface area contributed by atoms with Crippen molar-refractivity contribution in [2.24, 2.45) is 0 Å². The third-order valence-corrected chi connectivity index (χ3v) is 3.93. The maximum absolute atomic E-state index is 12.3. The Bertz CT molecular complexity index is 567. The lowest BCUT2D eigenvalue weighted by Crippen LogP contribution is -2.46. The zero-order valence-electron chi connectivity index (χ0n) is 12.8. The maximum atomic E-state index is 12.3. The van der Waals surface area contributed by atoms with Crippen LogP contribution >= 0.6 is 0 Å².